The zero-order valence-electron chi connectivity index (χ0n) is 20.5. The largest absolute Gasteiger partial charge is 0.543 e. The van der Waals surface area contributed by atoms with Crippen LogP contribution in [0.2, 0.25) is 0 Å². The third-order valence-electron chi connectivity index (χ3n) is 7.66. The smallest absolute Gasteiger partial charge is 0.320 e. The number of nitrogens with zero attached hydrogens (tertiary/aromatic N) is 5. The van der Waals surface area contributed by atoms with Crippen LogP contribution in [-0.2, 0) is 24.0 Å². The van der Waals surface area contributed by atoms with E-state index in [9.17, 15) is 24.3 Å². The maximum atomic E-state index is 11.8. The number of quaternary nitrogens is 1. The molecular weight excluding hydrogens is 524 g/mol. The molecule has 2 bridgehead atoms. The van der Waals surface area contributed by atoms with Crippen molar-refractivity contribution in [3.05, 3.63) is 11.8 Å². The normalized spacial score (nSPS) is 34.4. The Balaban J connectivity index is 0.000000207. The average Bonchev–Trinajstić information content (AvgIpc) is 3.29. The van der Waals surface area contributed by atoms with Gasteiger partial charge in [0.25, 0.3) is 5.91 Å². The standard InChI is InChI=1S/C13H21N7O3S.C8H9NO3S/c1-23-17-9(8(14)21)19-11(16)24-18-12(19)20-5-2-13(3-6-20,4-7-20)10(15)22;1-4-6(10)9-5(8(11)12)2-3-13-7(4)9/h11H,2-7,16H2,1H3,(H3-,14,15,21,22);2,4,7H,3H2,1H3,(H,11,12)/b17-9-;/t;4-,7+/m.1/s1. The SMILES string of the molecule is CO/N=C(/C(N)=O)N1C([N+]23CCC(C(N)=O)(CC2)CC3)=NSC1N.C[C@@H]1C(=O)N2C(C(=O)[O-])=CCS[C@@H]12. The van der Waals surface area contributed by atoms with E-state index in [1.807, 2.05) is 6.92 Å². The van der Waals surface area contributed by atoms with Crippen molar-refractivity contribution in [1.82, 2.24) is 9.80 Å². The monoisotopic (exact) mass is 554 g/mol. The Morgan fingerprint density at radius 3 is 2.38 bits per heavy atom. The molecule has 0 aliphatic carbocycles. The molecule has 0 aromatic carbocycles. The second-order valence-electron chi connectivity index (χ2n) is 9.53. The molecule has 14 nitrogen and oxygen atoms in total. The Bertz CT molecular complexity index is 1090. The van der Waals surface area contributed by atoms with Gasteiger partial charge in [0.15, 0.2) is 5.50 Å². The van der Waals surface area contributed by atoms with E-state index in [1.54, 1.807) is 16.7 Å². The van der Waals surface area contributed by atoms with Crippen molar-refractivity contribution < 1.29 is 33.6 Å². The minimum Gasteiger partial charge on any atom is -0.543 e. The van der Waals surface area contributed by atoms with Crippen LogP contribution in [0.4, 0.5) is 0 Å². The third kappa shape index (κ3) is 4.55. The van der Waals surface area contributed by atoms with Gasteiger partial charge in [-0.15, -0.1) is 16.2 Å². The lowest BCUT2D eigenvalue weighted by Gasteiger charge is -2.53. The maximum Gasteiger partial charge on any atom is 0.320 e. The molecular formula is C21H30N8O6S2. The lowest BCUT2D eigenvalue weighted by Crippen LogP contribution is -2.70. The third-order valence-corrected chi connectivity index (χ3v) is 9.68. The van der Waals surface area contributed by atoms with Crippen LogP contribution in [0.25, 0.3) is 0 Å². The highest BCUT2D eigenvalue weighted by molar-refractivity contribution is 8.00. The Kier molecular flexibility index (Phi) is 7.47. The first-order chi connectivity index (χ1) is 17.5. The van der Waals surface area contributed by atoms with E-state index in [-0.39, 0.29) is 34.6 Å². The quantitative estimate of drug-likeness (QED) is 0.0844. The number of rotatable bonds is 3. The molecule has 1 unspecified atom stereocenters. The number of carbonyl (C=O) groups excluding carboxylic acids is 4. The van der Waals surface area contributed by atoms with Gasteiger partial charge in [0.05, 0.1) is 48.0 Å². The lowest BCUT2D eigenvalue weighted by molar-refractivity contribution is -0.865. The number of carboxylic acids is 1. The predicted octanol–water partition coefficient (Wildman–Crippen LogP) is -2.35. The van der Waals surface area contributed by atoms with Gasteiger partial charge in [-0.25, -0.2) is 4.90 Å². The number of nitrogens with two attached hydrogens (primary N) is 3. The first-order valence-electron chi connectivity index (χ1n) is 11.7. The van der Waals surface area contributed by atoms with Crippen molar-refractivity contribution in [2.75, 3.05) is 32.5 Å². The molecule has 6 aliphatic heterocycles. The molecule has 0 radical (unpaired) electrons. The second-order valence-corrected chi connectivity index (χ2v) is 11.6. The summed E-state index contributed by atoms with van der Waals surface area (Å²) in [7, 11) is 1.34. The van der Waals surface area contributed by atoms with Crippen molar-refractivity contribution >= 4 is 59.2 Å². The maximum absolute atomic E-state index is 11.8. The molecule has 0 aromatic heterocycles. The summed E-state index contributed by atoms with van der Waals surface area (Å²) < 4.78 is 5.04. The van der Waals surface area contributed by atoms with Gasteiger partial charge in [-0.05, 0) is 6.08 Å². The van der Waals surface area contributed by atoms with E-state index in [0.29, 0.717) is 55.1 Å². The van der Waals surface area contributed by atoms with Crippen LogP contribution >= 0.6 is 23.7 Å². The van der Waals surface area contributed by atoms with Gasteiger partial charge in [-0.2, -0.15) is 0 Å². The van der Waals surface area contributed by atoms with Crippen molar-refractivity contribution in [1.29, 1.82) is 0 Å². The van der Waals surface area contributed by atoms with E-state index in [1.165, 1.54) is 18.1 Å². The summed E-state index contributed by atoms with van der Waals surface area (Å²) in [5.74, 6) is -1.19. The van der Waals surface area contributed by atoms with Crippen molar-refractivity contribution in [2.45, 2.75) is 37.1 Å². The molecule has 6 N–H and O–H groups in total. The number of fused-ring (bicyclic) bond motifs is 4. The number of oxime groups is 1. The topological polar surface area (TPSA) is 210 Å². The molecule has 4 saturated heterocycles. The van der Waals surface area contributed by atoms with Crippen LogP contribution in [-0.4, -0.2) is 93.1 Å². The lowest BCUT2D eigenvalue weighted by atomic mass is 9.70. The van der Waals surface area contributed by atoms with E-state index < -0.39 is 22.8 Å². The minimum absolute atomic E-state index is 0.00500. The van der Waals surface area contributed by atoms with Gasteiger partial charge in [0, 0.05) is 37.0 Å². The second kappa shape index (κ2) is 10.2. The van der Waals surface area contributed by atoms with E-state index in [0.717, 1.165) is 11.9 Å². The summed E-state index contributed by atoms with van der Waals surface area (Å²) in [5, 5.41) is 14.3. The number of carbonyl (C=O) groups is 4. The summed E-state index contributed by atoms with van der Waals surface area (Å²) in [4.78, 5) is 53.1. The Hall–Kier alpha value is -2.82. The molecule has 0 saturated carbocycles. The number of hydrogen-bond donors (Lipinski definition) is 3. The number of amidine groups is 1. The molecule has 37 heavy (non-hydrogen) atoms. The fourth-order valence-corrected chi connectivity index (χ4v) is 7.36. The number of hydrogen-bond acceptors (Lipinski definition) is 11. The molecule has 3 amide bonds. The number of aliphatic carboxylic acids is 1. The van der Waals surface area contributed by atoms with Gasteiger partial charge in [0.2, 0.25) is 17.6 Å². The highest BCUT2D eigenvalue weighted by Gasteiger charge is 2.58. The van der Waals surface area contributed by atoms with Crippen LogP contribution < -0.4 is 22.3 Å². The van der Waals surface area contributed by atoms with E-state index in [4.69, 9.17) is 22.0 Å². The summed E-state index contributed by atoms with van der Waals surface area (Å²) >= 11 is 2.74. The summed E-state index contributed by atoms with van der Waals surface area (Å²) in [6, 6.07) is 0. The fourth-order valence-electron chi connectivity index (χ4n) is 5.38. The molecule has 0 spiro atoms. The van der Waals surface area contributed by atoms with Crippen molar-refractivity contribution in [3.8, 4) is 0 Å². The first kappa shape index (κ1) is 27.2. The van der Waals surface area contributed by atoms with Gasteiger partial charge >= 0.3 is 5.96 Å². The summed E-state index contributed by atoms with van der Waals surface area (Å²) in [5.41, 5.74) is 16.2. The number of amides is 3. The number of thioether (sulfide) groups is 1. The van der Waals surface area contributed by atoms with Gasteiger partial charge in [-0.3, -0.25) is 23.8 Å². The molecule has 6 aliphatic rings. The van der Waals surface area contributed by atoms with Crippen LogP contribution in [0, 0.1) is 11.3 Å². The molecule has 6 heterocycles. The molecule has 0 aromatic rings. The number of piperidine rings is 3. The number of carboxylic acid groups (broad SMARTS) is 1. The zero-order valence-corrected chi connectivity index (χ0v) is 22.1. The molecule has 202 valence electrons. The van der Waals surface area contributed by atoms with E-state index >= 15 is 0 Å². The van der Waals surface area contributed by atoms with Gasteiger partial charge in [0.1, 0.15) is 7.11 Å². The Morgan fingerprint density at radius 2 is 1.86 bits per heavy atom. The Labute approximate surface area is 222 Å². The molecule has 4 fully saturated rings. The predicted molar refractivity (Wildman–Crippen MR) is 134 cm³/mol. The molecule has 3 atom stereocenters. The van der Waals surface area contributed by atoms with Crippen LogP contribution in [0.1, 0.15) is 26.2 Å². The molecule has 6 rings (SSSR count). The minimum atomic E-state index is -1.26. The van der Waals surface area contributed by atoms with Gasteiger partial charge < -0.3 is 31.9 Å². The summed E-state index contributed by atoms with van der Waals surface area (Å²) in [6.07, 6.45) is 3.62. The first-order valence-corrected chi connectivity index (χ1v) is 13.6. The van der Waals surface area contributed by atoms with E-state index in [2.05, 4.69) is 9.55 Å². The van der Waals surface area contributed by atoms with Crippen LogP contribution in [0.5, 0.6) is 0 Å². The number of β-lactam (4-membered cyclic amide) rings is 1. The number of guanidine groups is 1. The Morgan fingerprint density at radius 1 is 1.24 bits per heavy atom. The fraction of sp³-hybridized carbons (Fsp3) is 0.619. The summed E-state index contributed by atoms with van der Waals surface area (Å²) in [6.45, 7) is 3.95. The van der Waals surface area contributed by atoms with Crippen LogP contribution in [0.3, 0.4) is 0 Å². The van der Waals surface area contributed by atoms with Gasteiger partial charge in [-0.1, -0.05) is 12.1 Å². The zero-order chi connectivity index (χ0) is 27.1. The van der Waals surface area contributed by atoms with Crippen molar-refractivity contribution in [2.24, 2.45) is 38.1 Å². The molecule has 16 heteroatoms. The highest BCUT2D eigenvalue weighted by atomic mass is 32.2. The number of primary amides is 2. The van der Waals surface area contributed by atoms with Crippen LogP contribution in [0.15, 0.2) is 21.3 Å². The highest BCUT2D eigenvalue weighted by Crippen LogP contribution is 2.46. The van der Waals surface area contributed by atoms with Crippen molar-refractivity contribution in [3.63, 3.8) is 0 Å². The average molecular weight is 555 g/mol.